The molecule has 0 radical (unpaired) electrons. The van der Waals surface area contributed by atoms with Crippen LogP contribution in [0.1, 0.15) is 51.9 Å². The Morgan fingerprint density at radius 3 is 2.52 bits per heavy atom. The van der Waals surface area contributed by atoms with Gasteiger partial charge in [0.25, 0.3) is 0 Å². The minimum atomic E-state index is -0.250. The number of Topliss-reactive ketones (excluding diaryl/α,β-unsaturated/α-hetero) is 1. The topological polar surface area (TPSA) is 66.5 Å². The van der Waals surface area contributed by atoms with Gasteiger partial charge in [-0.25, -0.2) is 0 Å². The van der Waals surface area contributed by atoms with Crippen molar-refractivity contribution in [3.63, 3.8) is 0 Å². The zero-order valence-electron chi connectivity index (χ0n) is 17.4. The molecule has 0 atom stereocenters. The summed E-state index contributed by atoms with van der Waals surface area (Å²) in [5.74, 6) is -0.489. The van der Waals surface area contributed by atoms with Crippen molar-refractivity contribution in [1.82, 2.24) is 4.90 Å². The van der Waals surface area contributed by atoms with E-state index in [9.17, 15) is 14.4 Å². The molecule has 1 aliphatic rings. The maximum Gasteiger partial charge on any atom is 0.243 e. The standard InChI is InChI=1S/C24H28N2O3/c1-16-7-8-17(2)21(13-16)25-23(28)15-26(3)24(29)12-11-22(27)20-10-9-18-5-4-6-19(18)14-20/h7-10,13-14H,4-6,11-12,15H2,1-3H3,(H,25,28). The molecule has 0 saturated carbocycles. The van der Waals surface area contributed by atoms with Gasteiger partial charge >= 0.3 is 0 Å². The van der Waals surface area contributed by atoms with Crippen molar-refractivity contribution in [3.05, 3.63) is 64.2 Å². The van der Waals surface area contributed by atoms with Crippen molar-refractivity contribution in [2.75, 3.05) is 18.9 Å². The minimum absolute atomic E-state index is 0.0266. The van der Waals surface area contributed by atoms with E-state index in [1.165, 1.54) is 16.0 Å². The van der Waals surface area contributed by atoms with Crippen molar-refractivity contribution < 1.29 is 14.4 Å². The molecule has 0 unspecified atom stereocenters. The van der Waals surface area contributed by atoms with Gasteiger partial charge in [0.2, 0.25) is 11.8 Å². The lowest BCUT2D eigenvalue weighted by Gasteiger charge is -2.17. The number of likely N-dealkylation sites (N-methyl/N-ethyl adjacent to an activating group) is 1. The molecule has 5 nitrogen and oxygen atoms in total. The third-order valence-corrected chi connectivity index (χ3v) is 5.46. The second-order valence-corrected chi connectivity index (χ2v) is 7.88. The molecule has 0 aliphatic heterocycles. The van der Waals surface area contributed by atoms with Gasteiger partial charge in [-0.3, -0.25) is 14.4 Å². The number of nitrogens with zero attached hydrogens (tertiary/aromatic N) is 1. The summed E-state index contributed by atoms with van der Waals surface area (Å²) in [5.41, 5.74) is 6.03. The van der Waals surface area contributed by atoms with E-state index in [-0.39, 0.29) is 37.0 Å². The summed E-state index contributed by atoms with van der Waals surface area (Å²) in [7, 11) is 1.59. The Kier molecular flexibility index (Phi) is 6.47. The minimum Gasteiger partial charge on any atom is -0.336 e. The number of benzene rings is 2. The van der Waals surface area contributed by atoms with Crippen molar-refractivity contribution in [2.45, 2.75) is 46.0 Å². The van der Waals surface area contributed by atoms with E-state index in [1.54, 1.807) is 7.05 Å². The van der Waals surface area contributed by atoms with Gasteiger partial charge in [-0.1, -0.05) is 24.3 Å². The van der Waals surface area contributed by atoms with Crippen LogP contribution in [-0.2, 0) is 22.4 Å². The average molecular weight is 392 g/mol. The van der Waals surface area contributed by atoms with Gasteiger partial charge in [0, 0.05) is 31.1 Å². The Morgan fingerprint density at radius 1 is 0.966 bits per heavy atom. The molecular weight excluding hydrogens is 364 g/mol. The molecule has 2 amide bonds. The monoisotopic (exact) mass is 392 g/mol. The van der Waals surface area contributed by atoms with Crippen LogP contribution in [0.2, 0.25) is 0 Å². The number of nitrogens with one attached hydrogen (secondary N) is 1. The molecule has 0 heterocycles. The molecule has 0 bridgehead atoms. The molecule has 3 rings (SSSR count). The Bertz CT molecular complexity index is 949. The normalized spacial score (nSPS) is 12.4. The molecule has 29 heavy (non-hydrogen) atoms. The number of fused-ring (bicyclic) bond motifs is 1. The predicted octanol–water partition coefficient (Wildman–Crippen LogP) is 3.85. The third kappa shape index (κ3) is 5.31. The first-order chi connectivity index (χ1) is 13.8. The van der Waals surface area contributed by atoms with Crippen LogP contribution < -0.4 is 5.32 Å². The number of anilines is 1. The molecule has 2 aromatic carbocycles. The van der Waals surface area contributed by atoms with Crippen LogP contribution in [0.25, 0.3) is 0 Å². The van der Waals surface area contributed by atoms with E-state index in [2.05, 4.69) is 5.32 Å². The number of carbonyl (C=O) groups is 3. The van der Waals surface area contributed by atoms with Gasteiger partial charge in [0.1, 0.15) is 0 Å². The van der Waals surface area contributed by atoms with Crippen LogP contribution in [-0.4, -0.2) is 36.1 Å². The van der Waals surface area contributed by atoms with E-state index in [0.29, 0.717) is 5.56 Å². The maximum absolute atomic E-state index is 12.5. The largest absolute Gasteiger partial charge is 0.336 e. The van der Waals surface area contributed by atoms with Crippen molar-refractivity contribution in [1.29, 1.82) is 0 Å². The van der Waals surface area contributed by atoms with Gasteiger partial charge in [-0.15, -0.1) is 0 Å². The summed E-state index contributed by atoms with van der Waals surface area (Å²) < 4.78 is 0. The first kappa shape index (κ1) is 20.8. The Hall–Kier alpha value is -2.95. The Morgan fingerprint density at radius 2 is 1.72 bits per heavy atom. The van der Waals surface area contributed by atoms with Crippen LogP contribution in [0.3, 0.4) is 0 Å². The van der Waals surface area contributed by atoms with Crippen molar-refractivity contribution in [2.24, 2.45) is 0 Å². The highest BCUT2D eigenvalue weighted by Gasteiger charge is 2.17. The molecule has 0 fully saturated rings. The summed E-state index contributed by atoms with van der Waals surface area (Å²) in [6.45, 7) is 3.84. The lowest BCUT2D eigenvalue weighted by molar-refractivity contribution is -0.133. The first-order valence-corrected chi connectivity index (χ1v) is 10.1. The summed E-state index contributed by atoms with van der Waals surface area (Å²) in [6.07, 6.45) is 3.50. The zero-order valence-corrected chi connectivity index (χ0v) is 17.4. The summed E-state index contributed by atoms with van der Waals surface area (Å²) >= 11 is 0. The number of ketones is 1. The van der Waals surface area contributed by atoms with Crippen LogP contribution in [0.4, 0.5) is 5.69 Å². The fourth-order valence-corrected chi connectivity index (χ4v) is 3.66. The van der Waals surface area contributed by atoms with E-state index >= 15 is 0 Å². The molecule has 152 valence electrons. The highest BCUT2D eigenvalue weighted by atomic mass is 16.2. The van der Waals surface area contributed by atoms with E-state index in [4.69, 9.17) is 0 Å². The van der Waals surface area contributed by atoms with Crippen molar-refractivity contribution in [3.8, 4) is 0 Å². The van der Waals surface area contributed by atoms with Crippen LogP contribution >= 0.6 is 0 Å². The number of aryl methyl sites for hydroxylation is 4. The number of amides is 2. The number of carbonyl (C=O) groups excluding carboxylic acids is 3. The van der Waals surface area contributed by atoms with Crippen molar-refractivity contribution >= 4 is 23.3 Å². The second kappa shape index (κ2) is 9.03. The zero-order chi connectivity index (χ0) is 21.0. The van der Waals surface area contributed by atoms with Gasteiger partial charge < -0.3 is 10.2 Å². The van der Waals surface area contributed by atoms with Crippen LogP contribution in [0.15, 0.2) is 36.4 Å². The van der Waals surface area contributed by atoms with Crippen LogP contribution in [0.5, 0.6) is 0 Å². The molecular formula is C24H28N2O3. The molecule has 2 aromatic rings. The highest BCUT2D eigenvalue weighted by Crippen LogP contribution is 2.23. The molecule has 0 saturated heterocycles. The van der Waals surface area contributed by atoms with Gasteiger partial charge in [0.15, 0.2) is 5.78 Å². The Balaban J connectivity index is 1.49. The quantitative estimate of drug-likeness (QED) is 0.728. The third-order valence-electron chi connectivity index (χ3n) is 5.46. The van der Waals surface area contributed by atoms with E-state index < -0.39 is 0 Å². The Labute approximate surface area is 172 Å². The molecule has 0 spiro atoms. The maximum atomic E-state index is 12.5. The van der Waals surface area contributed by atoms with Gasteiger partial charge in [-0.05, 0) is 67.5 Å². The number of rotatable bonds is 7. The SMILES string of the molecule is Cc1ccc(C)c(NC(=O)CN(C)C(=O)CCC(=O)c2ccc3c(c2)CCC3)c1. The lowest BCUT2D eigenvalue weighted by Crippen LogP contribution is -2.35. The smallest absolute Gasteiger partial charge is 0.243 e. The fourth-order valence-electron chi connectivity index (χ4n) is 3.66. The van der Waals surface area contributed by atoms with E-state index in [0.717, 1.165) is 36.1 Å². The second-order valence-electron chi connectivity index (χ2n) is 7.88. The van der Waals surface area contributed by atoms with Gasteiger partial charge in [-0.2, -0.15) is 0 Å². The number of hydrogen-bond donors (Lipinski definition) is 1. The van der Waals surface area contributed by atoms with Crippen LogP contribution in [0, 0.1) is 13.8 Å². The highest BCUT2D eigenvalue weighted by molar-refractivity contribution is 5.99. The first-order valence-electron chi connectivity index (χ1n) is 10.1. The fraction of sp³-hybridized carbons (Fsp3) is 0.375. The lowest BCUT2D eigenvalue weighted by atomic mass is 10.0. The summed E-state index contributed by atoms with van der Waals surface area (Å²) in [4.78, 5) is 38.5. The molecule has 0 aromatic heterocycles. The summed E-state index contributed by atoms with van der Waals surface area (Å²) in [6, 6.07) is 11.7. The average Bonchev–Trinajstić information content (AvgIpc) is 3.16. The molecule has 1 aliphatic carbocycles. The van der Waals surface area contributed by atoms with Gasteiger partial charge in [0.05, 0.1) is 6.54 Å². The number of hydrogen-bond acceptors (Lipinski definition) is 3. The summed E-state index contributed by atoms with van der Waals surface area (Å²) in [5, 5.41) is 2.85. The molecule has 1 N–H and O–H groups in total. The predicted molar refractivity (Wildman–Crippen MR) is 114 cm³/mol. The van der Waals surface area contributed by atoms with E-state index in [1.807, 2.05) is 50.2 Å². The molecule has 5 heteroatoms.